The van der Waals surface area contributed by atoms with Gasteiger partial charge in [-0.05, 0) is 27.7 Å². The molecule has 100 valence electrons. The first-order chi connectivity index (χ1) is 8.43. The highest BCUT2D eigenvalue weighted by Crippen LogP contribution is 2.10. The molecular weight excluding hydrogens is 228 g/mol. The number of rotatable bonds is 4. The molecule has 0 aromatic heterocycles. The Balaban J connectivity index is 2.46. The molecule has 18 heavy (non-hydrogen) atoms. The van der Waals surface area contributed by atoms with Gasteiger partial charge in [-0.3, -0.25) is 19.4 Å². The predicted molar refractivity (Wildman–Crippen MR) is 70.7 cm³/mol. The van der Waals surface area contributed by atoms with Gasteiger partial charge in [-0.15, -0.1) is 0 Å². The topological polar surface area (TPSA) is 40.6 Å². The molecule has 0 saturated carbocycles. The summed E-state index contributed by atoms with van der Waals surface area (Å²) in [6.45, 7) is 9.45. The Morgan fingerprint density at radius 3 is 2.00 bits per heavy atom. The summed E-state index contributed by atoms with van der Waals surface area (Å²) in [7, 11) is 0. The van der Waals surface area contributed by atoms with Crippen molar-refractivity contribution in [1.29, 1.82) is 0 Å². The summed E-state index contributed by atoms with van der Waals surface area (Å²) in [5.74, 6) is 5.77. The van der Waals surface area contributed by atoms with Crippen LogP contribution in [0.2, 0.25) is 0 Å². The van der Waals surface area contributed by atoms with Crippen molar-refractivity contribution >= 4 is 11.8 Å². The van der Waals surface area contributed by atoms with Crippen LogP contribution >= 0.6 is 0 Å². The van der Waals surface area contributed by atoms with Crippen molar-refractivity contribution < 1.29 is 9.59 Å². The molecule has 0 aromatic carbocycles. The van der Waals surface area contributed by atoms with Crippen LogP contribution in [0.4, 0.5) is 0 Å². The van der Waals surface area contributed by atoms with Crippen LogP contribution in [0.15, 0.2) is 0 Å². The van der Waals surface area contributed by atoms with E-state index < -0.39 is 0 Å². The molecule has 1 aliphatic rings. The second-order valence-electron chi connectivity index (χ2n) is 5.09. The van der Waals surface area contributed by atoms with Gasteiger partial charge in [-0.1, -0.05) is 11.8 Å². The molecule has 0 radical (unpaired) electrons. The molecule has 2 amide bonds. The van der Waals surface area contributed by atoms with Crippen molar-refractivity contribution in [2.45, 2.75) is 52.6 Å². The largest absolute Gasteiger partial charge is 0.287 e. The first-order valence-corrected chi connectivity index (χ1v) is 6.48. The van der Waals surface area contributed by atoms with Crippen molar-refractivity contribution in [3.8, 4) is 11.8 Å². The third-order valence-electron chi connectivity index (χ3n) is 3.11. The van der Waals surface area contributed by atoms with Crippen LogP contribution in [0.3, 0.4) is 0 Å². The average Bonchev–Trinajstić information content (AvgIpc) is 2.58. The Labute approximate surface area is 109 Å². The summed E-state index contributed by atoms with van der Waals surface area (Å²) < 4.78 is 0. The molecule has 0 aromatic rings. The van der Waals surface area contributed by atoms with Crippen LogP contribution in [0, 0.1) is 11.8 Å². The molecule has 4 nitrogen and oxygen atoms in total. The van der Waals surface area contributed by atoms with E-state index in [1.54, 1.807) is 0 Å². The first-order valence-electron chi connectivity index (χ1n) is 6.48. The second kappa shape index (κ2) is 6.55. The second-order valence-corrected chi connectivity index (χ2v) is 5.09. The lowest BCUT2D eigenvalue weighted by Gasteiger charge is -2.28. The maximum absolute atomic E-state index is 11.4. The molecule has 0 N–H and O–H groups in total. The zero-order valence-electron chi connectivity index (χ0n) is 11.7. The lowest BCUT2D eigenvalue weighted by molar-refractivity contribution is -0.137. The Bertz CT molecular complexity index is 353. The van der Waals surface area contributed by atoms with E-state index in [1.165, 1.54) is 4.90 Å². The Morgan fingerprint density at radius 2 is 1.56 bits per heavy atom. The number of carbonyl (C=O) groups excluding carboxylic acids is 2. The predicted octanol–water partition coefficient (Wildman–Crippen LogP) is 1.26. The van der Waals surface area contributed by atoms with Crippen molar-refractivity contribution in [3.05, 3.63) is 0 Å². The molecule has 0 bridgehead atoms. The quantitative estimate of drug-likeness (QED) is 0.557. The van der Waals surface area contributed by atoms with E-state index in [4.69, 9.17) is 0 Å². The maximum atomic E-state index is 11.4. The Hall–Kier alpha value is -1.34. The lowest BCUT2D eigenvalue weighted by atomic mass is 10.2. The monoisotopic (exact) mass is 250 g/mol. The third-order valence-corrected chi connectivity index (χ3v) is 3.11. The summed E-state index contributed by atoms with van der Waals surface area (Å²) in [5.41, 5.74) is 0. The Morgan fingerprint density at radius 1 is 1.06 bits per heavy atom. The molecular formula is C14H22N2O2. The van der Waals surface area contributed by atoms with E-state index in [0.717, 1.165) is 0 Å². The van der Waals surface area contributed by atoms with Gasteiger partial charge < -0.3 is 0 Å². The van der Waals surface area contributed by atoms with Crippen molar-refractivity contribution in [2.24, 2.45) is 0 Å². The zero-order chi connectivity index (χ0) is 13.7. The van der Waals surface area contributed by atoms with E-state index in [1.807, 2.05) is 0 Å². The van der Waals surface area contributed by atoms with Crippen LogP contribution in [-0.4, -0.2) is 46.8 Å². The number of hydrogen-bond donors (Lipinski definition) is 0. The number of carbonyl (C=O) groups is 2. The summed E-state index contributed by atoms with van der Waals surface area (Å²) >= 11 is 0. The fraction of sp³-hybridized carbons (Fsp3) is 0.714. The average molecular weight is 250 g/mol. The smallest absolute Gasteiger partial charge is 0.230 e. The molecule has 0 aliphatic carbocycles. The van der Waals surface area contributed by atoms with Crippen LogP contribution < -0.4 is 0 Å². The summed E-state index contributed by atoms with van der Waals surface area (Å²) in [4.78, 5) is 26.2. The number of nitrogens with zero attached hydrogens (tertiary/aromatic N) is 2. The van der Waals surface area contributed by atoms with Gasteiger partial charge in [0.05, 0.1) is 13.1 Å². The number of hydrogen-bond acceptors (Lipinski definition) is 3. The lowest BCUT2D eigenvalue weighted by Crippen LogP contribution is -2.37. The zero-order valence-corrected chi connectivity index (χ0v) is 11.7. The van der Waals surface area contributed by atoms with Gasteiger partial charge in [0.2, 0.25) is 11.8 Å². The van der Waals surface area contributed by atoms with E-state index in [0.29, 0.717) is 31.5 Å². The summed E-state index contributed by atoms with van der Waals surface area (Å²) in [5, 5.41) is 0. The van der Waals surface area contributed by atoms with E-state index in [-0.39, 0.29) is 18.4 Å². The highest BCUT2D eigenvalue weighted by molar-refractivity contribution is 6.02. The molecule has 1 heterocycles. The number of amides is 2. The highest BCUT2D eigenvalue weighted by atomic mass is 16.2. The third kappa shape index (κ3) is 3.85. The van der Waals surface area contributed by atoms with Gasteiger partial charge in [-0.25, -0.2) is 0 Å². The standard InChI is InChI=1S/C14H22N2O2/c1-11(2)15(12(3)4)9-5-6-10-16-13(17)7-8-14(16)18/h11-12H,7-10H2,1-4H3. The van der Waals surface area contributed by atoms with Gasteiger partial charge in [0.15, 0.2) is 0 Å². The molecule has 1 aliphatic heterocycles. The van der Waals surface area contributed by atoms with Gasteiger partial charge in [0.25, 0.3) is 0 Å². The van der Waals surface area contributed by atoms with Gasteiger partial charge in [0.1, 0.15) is 0 Å². The summed E-state index contributed by atoms with van der Waals surface area (Å²) in [6.07, 6.45) is 0.676. The van der Waals surface area contributed by atoms with Gasteiger partial charge >= 0.3 is 0 Å². The molecule has 0 unspecified atom stereocenters. The van der Waals surface area contributed by atoms with E-state index in [2.05, 4.69) is 44.4 Å². The van der Waals surface area contributed by atoms with Crippen molar-refractivity contribution in [1.82, 2.24) is 9.80 Å². The van der Waals surface area contributed by atoms with Crippen molar-refractivity contribution in [2.75, 3.05) is 13.1 Å². The highest BCUT2D eigenvalue weighted by Gasteiger charge is 2.27. The minimum Gasteiger partial charge on any atom is -0.287 e. The number of likely N-dealkylation sites (tertiary alicyclic amines) is 1. The van der Waals surface area contributed by atoms with Crippen LogP contribution in [0.25, 0.3) is 0 Å². The fourth-order valence-corrected chi connectivity index (χ4v) is 2.04. The van der Waals surface area contributed by atoms with E-state index >= 15 is 0 Å². The first kappa shape index (κ1) is 14.7. The minimum atomic E-state index is -0.0983. The van der Waals surface area contributed by atoms with Crippen LogP contribution in [-0.2, 0) is 9.59 Å². The molecule has 0 spiro atoms. The molecule has 4 heteroatoms. The van der Waals surface area contributed by atoms with Gasteiger partial charge in [-0.2, -0.15) is 0 Å². The molecule has 0 atom stereocenters. The SMILES string of the molecule is CC(C)N(CC#CCN1C(=O)CCC1=O)C(C)C. The number of imide groups is 1. The molecule has 1 saturated heterocycles. The minimum absolute atomic E-state index is 0.0983. The van der Waals surface area contributed by atoms with Crippen LogP contribution in [0.5, 0.6) is 0 Å². The summed E-state index contributed by atoms with van der Waals surface area (Å²) in [6, 6.07) is 0.878. The van der Waals surface area contributed by atoms with Crippen molar-refractivity contribution in [3.63, 3.8) is 0 Å². The maximum Gasteiger partial charge on any atom is 0.230 e. The molecule has 1 fully saturated rings. The molecule has 1 rings (SSSR count). The Kier molecular flexibility index (Phi) is 5.36. The van der Waals surface area contributed by atoms with Gasteiger partial charge in [0, 0.05) is 24.9 Å². The normalized spacial score (nSPS) is 15.8. The van der Waals surface area contributed by atoms with Crippen LogP contribution in [0.1, 0.15) is 40.5 Å². The fourth-order valence-electron chi connectivity index (χ4n) is 2.04. The van der Waals surface area contributed by atoms with E-state index in [9.17, 15) is 9.59 Å².